The van der Waals surface area contributed by atoms with Crippen molar-refractivity contribution in [1.82, 2.24) is 9.80 Å². The van der Waals surface area contributed by atoms with Crippen molar-refractivity contribution in [2.24, 2.45) is 5.14 Å². The molecule has 21 heavy (non-hydrogen) atoms. The standard InChI is InChI=1S/C13H20ClN3O3S/c1-16-4-6-17(7-5-16)8-9-20-12-3-2-11(14)10-13(12)21(15,18)19/h2-3,10H,4-9H2,1H3,(H2,15,18,19). The molecule has 1 fully saturated rings. The van der Waals surface area contributed by atoms with Gasteiger partial charge in [0.25, 0.3) is 0 Å². The molecule has 1 aromatic rings. The Balaban J connectivity index is 1.94. The van der Waals surface area contributed by atoms with Crippen LogP contribution in [0.2, 0.25) is 5.02 Å². The highest BCUT2D eigenvalue weighted by Crippen LogP contribution is 2.26. The van der Waals surface area contributed by atoms with Crippen LogP contribution < -0.4 is 9.88 Å². The third kappa shape index (κ3) is 4.82. The van der Waals surface area contributed by atoms with Gasteiger partial charge in [0, 0.05) is 37.7 Å². The van der Waals surface area contributed by atoms with E-state index in [-0.39, 0.29) is 10.6 Å². The maximum Gasteiger partial charge on any atom is 0.241 e. The number of nitrogens with zero attached hydrogens (tertiary/aromatic N) is 2. The van der Waals surface area contributed by atoms with Crippen LogP contribution >= 0.6 is 11.6 Å². The number of piperazine rings is 1. The fourth-order valence-corrected chi connectivity index (χ4v) is 3.12. The first-order valence-corrected chi connectivity index (χ1v) is 8.65. The second-order valence-corrected chi connectivity index (χ2v) is 7.10. The summed E-state index contributed by atoms with van der Waals surface area (Å²) < 4.78 is 28.6. The summed E-state index contributed by atoms with van der Waals surface area (Å²) in [6.07, 6.45) is 0. The third-order valence-electron chi connectivity index (χ3n) is 3.47. The molecule has 0 aromatic heterocycles. The summed E-state index contributed by atoms with van der Waals surface area (Å²) >= 11 is 5.80. The minimum Gasteiger partial charge on any atom is -0.491 e. The second-order valence-electron chi connectivity index (χ2n) is 5.13. The van der Waals surface area contributed by atoms with Crippen LogP contribution in [0.15, 0.2) is 23.1 Å². The van der Waals surface area contributed by atoms with Gasteiger partial charge in [-0.2, -0.15) is 0 Å². The average Bonchev–Trinajstić information content (AvgIpc) is 2.41. The molecule has 1 aliphatic heterocycles. The van der Waals surface area contributed by atoms with Gasteiger partial charge in [0.15, 0.2) is 0 Å². The van der Waals surface area contributed by atoms with Gasteiger partial charge < -0.3 is 9.64 Å². The van der Waals surface area contributed by atoms with E-state index in [0.29, 0.717) is 11.6 Å². The highest BCUT2D eigenvalue weighted by molar-refractivity contribution is 7.89. The Hall–Kier alpha value is -0.860. The van der Waals surface area contributed by atoms with Crippen LogP contribution in [0.25, 0.3) is 0 Å². The molecule has 118 valence electrons. The number of hydrogen-bond acceptors (Lipinski definition) is 5. The maximum absolute atomic E-state index is 11.5. The topological polar surface area (TPSA) is 75.9 Å². The van der Waals surface area contributed by atoms with Crippen molar-refractivity contribution in [3.8, 4) is 5.75 Å². The van der Waals surface area contributed by atoms with Gasteiger partial charge >= 0.3 is 0 Å². The fourth-order valence-electron chi connectivity index (χ4n) is 2.18. The van der Waals surface area contributed by atoms with Gasteiger partial charge in [0.1, 0.15) is 17.3 Å². The second kappa shape index (κ2) is 6.93. The number of sulfonamides is 1. The van der Waals surface area contributed by atoms with E-state index in [9.17, 15) is 8.42 Å². The van der Waals surface area contributed by atoms with Crippen LogP contribution in [0.1, 0.15) is 0 Å². The van der Waals surface area contributed by atoms with Gasteiger partial charge in [-0.1, -0.05) is 11.6 Å². The predicted octanol–water partition coefficient (Wildman–Crippen LogP) is 0.614. The summed E-state index contributed by atoms with van der Waals surface area (Å²) in [6.45, 7) is 5.20. The summed E-state index contributed by atoms with van der Waals surface area (Å²) in [4.78, 5) is 4.48. The highest BCUT2D eigenvalue weighted by Gasteiger charge is 2.17. The van der Waals surface area contributed by atoms with E-state index in [2.05, 4.69) is 16.8 Å². The van der Waals surface area contributed by atoms with E-state index in [0.717, 1.165) is 32.7 Å². The number of ether oxygens (including phenoxy) is 1. The first kappa shape index (κ1) is 16.5. The molecule has 1 heterocycles. The zero-order valence-corrected chi connectivity index (χ0v) is 13.5. The van der Waals surface area contributed by atoms with Crippen LogP contribution in [-0.4, -0.2) is 64.6 Å². The number of rotatable bonds is 5. The molecule has 0 amide bonds. The summed E-state index contributed by atoms with van der Waals surface area (Å²) in [5, 5.41) is 5.48. The average molecular weight is 334 g/mol. The SMILES string of the molecule is CN1CCN(CCOc2ccc(Cl)cc2S(N)(=O)=O)CC1. The Morgan fingerprint density at radius 2 is 1.95 bits per heavy atom. The lowest BCUT2D eigenvalue weighted by molar-refractivity contribution is 0.133. The normalized spacial score (nSPS) is 17.9. The molecule has 0 unspecified atom stereocenters. The van der Waals surface area contributed by atoms with Crippen LogP contribution in [-0.2, 0) is 10.0 Å². The van der Waals surface area contributed by atoms with Crippen molar-refractivity contribution in [3.05, 3.63) is 23.2 Å². The van der Waals surface area contributed by atoms with E-state index >= 15 is 0 Å². The molecule has 0 saturated carbocycles. The number of likely N-dealkylation sites (N-methyl/N-ethyl adjacent to an activating group) is 1. The van der Waals surface area contributed by atoms with Crippen LogP contribution in [0.3, 0.4) is 0 Å². The molecular weight excluding hydrogens is 314 g/mol. The molecule has 6 nitrogen and oxygen atoms in total. The Labute approximate surface area is 130 Å². The van der Waals surface area contributed by atoms with Gasteiger partial charge in [-0.05, 0) is 25.2 Å². The molecule has 0 bridgehead atoms. The molecule has 8 heteroatoms. The highest BCUT2D eigenvalue weighted by atomic mass is 35.5. The van der Waals surface area contributed by atoms with Gasteiger partial charge in [0.05, 0.1) is 0 Å². The Morgan fingerprint density at radius 1 is 1.29 bits per heavy atom. The van der Waals surface area contributed by atoms with E-state index in [1.807, 2.05) is 0 Å². The molecule has 1 aliphatic rings. The number of halogens is 1. The lowest BCUT2D eigenvalue weighted by Gasteiger charge is -2.32. The van der Waals surface area contributed by atoms with Crippen molar-refractivity contribution in [3.63, 3.8) is 0 Å². The quantitative estimate of drug-likeness (QED) is 0.854. The molecular formula is C13H20ClN3O3S. The van der Waals surface area contributed by atoms with Crippen molar-refractivity contribution < 1.29 is 13.2 Å². The zero-order valence-electron chi connectivity index (χ0n) is 12.0. The smallest absolute Gasteiger partial charge is 0.241 e. The molecule has 0 atom stereocenters. The lowest BCUT2D eigenvalue weighted by atomic mass is 10.3. The summed E-state index contributed by atoms with van der Waals surface area (Å²) in [5.74, 6) is 0.246. The first-order valence-electron chi connectivity index (χ1n) is 6.72. The van der Waals surface area contributed by atoms with Crippen LogP contribution in [0.4, 0.5) is 0 Å². The first-order chi connectivity index (χ1) is 9.86. The molecule has 1 saturated heterocycles. The Kier molecular flexibility index (Phi) is 5.45. The summed E-state index contributed by atoms with van der Waals surface area (Å²) in [7, 11) is -1.75. The Morgan fingerprint density at radius 3 is 2.57 bits per heavy atom. The maximum atomic E-state index is 11.5. The molecule has 2 rings (SSSR count). The largest absolute Gasteiger partial charge is 0.491 e. The van der Waals surface area contributed by atoms with Gasteiger partial charge in [-0.15, -0.1) is 0 Å². The zero-order chi connectivity index (χ0) is 15.5. The molecule has 0 aliphatic carbocycles. The number of benzene rings is 1. The summed E-state index contributed by atoms with van der Waals surface area (Å²) in [5.41, 5.74) is 0. The molecule has 0 spiro atoms. The third-order valence-corrected chi connectivity index (χ3v) is 4.64. The van der Waals surface area contributed by atoms with Gasteiger partial charge in [0.2, 0.25) is 10.0 Å². The lowest BCUT2D eigenvalue weighted by Crippen LogP contribution is -2.45. The summed E-state index contributed by atoms with van der Waals surface area (Å²) in [6, 6.07) is 4.43. The van der Waals surface area contributed by atoms with Crippen molar-refractivity contribution in [2.75, 3.05) is 46.4 Å². The van der Waals surface area contributed by atoms with Crippen molar-refractivity contribution in [2.45, 2.75) is 4.90 Å². The minimum absolute atomic E-state index is 0.0756. The minimum atomic E-state index is -3.85. The molecule has 0 radical (unpaired) electrons. The monoisotopic (exact) mass is 333 g/mol. The van der Waals surface area contributed by atoms with E-state index in [4.69, 9.17) is 21.5 Å². The Bertz CT molecular complexity index is 586. The molecule has 2 N–H and O–H groups in total. The number of hydrogen-bond donors (Lipinski definition) is 1. The van der Waals surface area contributed by atoms with Gasteiger partial charge in [-0.3, -0.25) is 4.90 Å². The predicted molar refractivity (Wildman–Crippen MR) is 82.3 cm³/mol. The van der Waals surface area contributed by atoms with E-state index in [1.54, 1.807) is 6.07 Å². The molecule has 1 aromatic carbocycles. The van der Waals surface area contributed by atoms with Crippen molar-refractivity contribution in [1.29, 1.82) is 0 Å². The van der Waals surface area contributed by atoms with Crippen LogP contribution in [0.5, 0.6) is 5.75 Å². The van der Waals surface area contributed by atoms with Crippen LogP contribution in [0, 0.1) is 0 Å². The number of primary sulfonamides is 1. The van der Waals surface area contributed by atoms with E-state index in [1.165, 1.54) is 12.1 Å². The van der Waals surface area contributed by atoms with Gasteiger partial charge in [-0.25, -0.2) is 13.6 Å². The van der Waals surface area contributed by atoms with Crippen molar-refractivity contribution >= 4 is 21.6 Å². The number of nitrogens with two attached hydrogens (primary N) is 1. The van der Waals surface area contributed by atoms with E-state index < -0.39 is 10.0 Å². The fraction of sp³-hybridized carbons (Fsp3) is 0.538.